The monoisotopic (exact) mass is 221 g/mol. The van der Waals surface area contributed by atoms with Crippen LogP contribution in [-0.4, -0.2) is 25.5 Å². The number of carbonyl (C=O) groups excluding carboxylic acids is 1. The van der Waals surface area contributed by atoms with Gasteiger partial charge in [-0.25, -0.2) is 0 Å². The SMILES string of the molecule is CCOCCCNc1ccc(C(C)=O)cc1. The van der Waals surface area contributed by atoms with Crippen molar-refractivity contribution in [1.82, 2.24) is 0 Å². The Morgan fingerprint density at radius 1 is 1.31 bits per heavy atom. The molecule has 0 aliphatic carbocycles. The molecule has 0 bridgehead atoms. The van der Waals surface area contributed by atoms with E-state index in [1.54, 1.807) is 6.92 Å². The zero-order chi connectivity index (χ0) is 11.8. The molecule has 1 aromatic carbocycles. The highest BCUT2D eigenvalue weighted by Crippen LogP contribution is 2.09. The fourth-order valence-electron chi connectivity index (χ4n) is 1.37. The Morgan fingerprint density at radius 2 is 2.00 bits per heavy atom. The summed E-state index contributed by atoms with van der Waals surface area (Å²) in [6.07, 6.45) is 0.988. The number of nitrogens with one attached hydrogen (secondary N) is 1. The molecule has 88 valence electrons. The molecule has 0 saturated heterocycles. The number of benzene rings is 1. The van der Waals surface area contributed by atoms with Gasteiger partial charge in [-0.15, -0.1) is 0 Å². The van der Waals surface area contributed by atoms with Crippen LogP contribution in [0, 0.1) is 0 Å². The van der Waals surface area contributed by atoms with Crippen LogP contribution in [0.5, 0.6) is 0 Å². The van der Waals surface area contributed by atoms with Gasteiger partial charge in [-0.1, -0.05) is 0 Å². The molecule has 1 N–H and O–H groups in total. The second-order valence-corrected chi connectivity index (χ2v) is 3.61. The molecule has 0 radical (unpaired) electrons. The van der Waals surface area contributed by atoms with Crippen molar-refractivity contribution >= 4 is 11.5 Å². The molecule has 0 amide bonds. The minimum absolute atomic E-state index is 0.0999. The molecule has 0 atom stereocenters. The molecule has 0 unspecified atom stereocenters. The number of hydrogen-bond donors (Lipinski definition) is 1. The van der Waals surface area contributed by atoms with E-state index in [2.05, 4.69) is 5.32 Å². The second-order valence-electron chi connectivity index (χ2n) is 3.61. The highest BCUT2D eigenvalue weighted by atomic mass is 16.5. The van der Waals surface area contributed by atoms with E-state index in [4.69, 9.17) is 4.74 Å². The van der Waals surface area contributed by atoms with Gasteiger partial charge in [0.2, 0.25) is 0 Å². The van der Waals surface area contributed by atoms with Crippen LogP contribution in [0.3, 0.4) is 0 Å². The van der Waals surface area contributed by atoms with Crippen LogP contribution in [0.1, 0.15) is 30.6 Å². The summed E-state index contributed by atoms with van der Waals surface area (Å²) in [5.74, 6) is 0.0999. The van der Waals surface area contributed by atoms with E-state index in [9.17, 15) is 4.79 Å². The number of ether oxygens (including phenoxy) is 1. The molecule has 0 aliphatic rings. The normalized spacial score (nSPS) is 10.1. The maximum Gasteiger partial charge on any atom is 0.159 e. The smallest absolute Gasteiger partial charge is 0.159 e. The van der Waals surface area contributed by atoms with Crippen molar-refractivity contribution < 1.29 is 9.53 Å². The van der Waals surface area contributed by atoms with Gasteiger partial charge in [0, 0.05) is 31.0 Å². The number of Topliss-reactive ketones (excluding diaryl/α,β-unsaturated/α-hetero) is 1. The first-order valence-electron chi connectivity index (χ1n) is 5.66. The molecular weight excluding hydrogens is 202 g/mol. The van der Waals surface area contributed by atoms with E-state index in [-0.39, 0.29) is 5.78 Å². The summed E-state index contributed by atoms with van der Waals surface area (Å²) >= 11 is 0. The topological polar surface area (TPSA) is 38.3 Å². The lowest BCUT2D eigenvalue weighted by Crippen LogP contribution is -2.05. The summed E-state index contributed by atoms with van der Waals surface area (Å²) in [6, 6.07) is 7.54. The van der Waals surface area contributed by atoms with E-state index >= 15 is 0 Å². The van der Waals surface area contributed by atoms with Gasteiger partial charge in [0.15, 0.2) is 5.78 Å². The quantitative estimate of drug-likeness (QED) is 0.568. The zero-order valence-electron chi connectivity index (χ0n) is 9.95. The Morgan fingerprint density at radius 3 is 2.56 bits per heavy atom. The molecule has 1 rings (SSSR count). The molecule has 3 nitrogen and oxygen atoms in total. The fraction of sp³-hybridized carbons (Fsp3) is 0.462. The maximum absolute atomic E-state index is 11.1. The summed E-state index contributed by atoms with van der Waals surface area (Å²) in [4.78, 5) is 11.1. The lowest BCUT2D eigenvalue weighted by molar-refractivity contribution is 0.101. The minimum atomic E-state index is 0.0999. The number of anilines is 1. The van der Waals surface area contributed by atoms with E-state index in [0.717, 1.165) is 37.4 Å². The highest BCUT2D eigenvalue weighted by molar-refractivity contribution is 5.94. The van der Waals surface area contributed by atoms with Crippen LogP contribution in [0.15, 0.2) is 24.3 Å². The van der Waals surface area contributed by atoms with E-state index < -0.39 is 0 Å². The van der Waals surface area contributed by atoms with Crippen molar-refractivity contribution in [2.24, 2.45) is 0 Å². The van der Waals surface area contributed by atoms with Crippen LogP contribution in [0.4, 0.5) is 5.69 Å². The van der Waals surface area contributed by atoms with Crippen molar-refractivity contribution in [3.05, 3.63) is 29.8 Å². The van der Waals surface area contributed by atoms with Crippen molar-refractivity contribution in [1.29, 1.82) is 0 Å². The van der Waals surface area contributed by atoms with Crippen molar-refractivity contribution in [3.63, 3.8) is 0 Å². The number of carbonyl (C=O) groups is 1. The standard InChI is InChI=1S/C13H19NO2/c1-3-16-10-4-9-14-13-7-5-12(6-8-13)11(2)15/h5-8,14H,3-4,9-10H2,1-2H3. The molecule has 0 heterocycles. The summed E-state index contributed by atoms with van der Waals surface area (Å²) in [5, 5.41) is 3.28. The van der Waals surface area contributed by atoms with E-state index in [1.807, 2.05) is 31.2 Å². The van der Waals surface area contributed by atoms with E-state index in [1.165, 1.54) is 0 Å². The first-order valence-corrected chi connectivity index (χ1v) is 5.66. The summed E-state index contributed by atoms with van der Waals surface area (Å²) in [6.45, 7) is 6.01. The zero-order valence-corrected chi connectivity index (χ0v) is 9.95. The second kappa shape index (κ2) is 7.01. The third-order valence-electron chi connectivity index (χ3n) is 2.29. The van der Waals surface area contributed by atoms with Crippen molar-refractivity contribution in [3.8, 4) is 0 Å². The van der Waals surface area contributed by atoms with Crippen LogP contribution in [0.2, 0.25) is 0 Å². The average Bonchev–Trinajstić information content (AvgIpc) is 2.29. The molecule has 0 spiro atoms. The van der Waals surface area contributed by atoms with Gasteiger partial charge in [-0.05, 0) is 44.5 Å². The Hall–Kier alpha value is -1.35. The van der Waals surface area contributed by atoms with Gasteiger partial charge in [-0.2, -0.15) is 0 Å². The highest BCUT2D eigenvalue weighted by Gasteiger charge is 1.98. The summed E-state index contributed by atoms with van der Waals surface area (Å²) in [5.41, 5.74) is 1.79. The summed E-state index contributed by atoms with van der Waals surface area (Å²) < 4.78 is 5.24. The molecule has 0 aromatic heterocycles. The lowest BCUT2D eigenvalue weighted by Gasteiger charge is -2.06. The van der Waals surface area contributed by atoms with E-state index in [0.29, 0.717) is 0 Å². The van der Waals surface area contributed by atoms with Gasteiger partial charge in [-0.3, -0.25) is 4.79 Å². The molecule has 0 fully saturated rings. The molecule has 0 aliphatic heterocycles. The lowest BCUT2D eigenvalue weighted by atomic mass is 10.1. The molecule has 16 heavy (non-hydrogen) atoms. The Bertz CT molecular complexity index is 319. The van der Waals surface area contributed by atoms with Crippen LogP contribution in [-0.2, 0) is 4.74 Å². The average molecular weight is 221 g/mol. The van der Waals surface area contributed by atoms with Gasteiger partial charge < -0.3 is 10.1 Å². The third kappa shape index (κ3) is 4.45. The Kier molecular flexibility index (Phi) is 5.57. The predicted molar refractivity (Wildman–Crippen MR) is 66.0 cm³/mol. The largest absolute Gasteiger partial charge is 0.385 e. The van der Waals surface area contributed by atoms with Crippen LogP contribution >= 0.6 is 0 Å². The fourth-order valence-corrected chi connectivity index (χ4v) is 1.37. The number of hydrogen-bond acceptors (Lipinski definition) is 3. The third-order valence-corrected chi connectivity index (χ3v) is 2.29. The van der Waals surface area contributed by atoms with Gasteiger partial charge in [0.05, 0.1) is 0 Å². The number of ketones is 1. The molecule has 1 aromatic rings. The van der Waals surface area contributed by atoms with Gasteiger partial charge in [0.1, 0.15) is 0 Å². The Labute approximate surface area is 96.8 Å². The molecular formula is C13H19NO2. The van der Waals surface area contributed by atoms with Gasteiger partial charge >= 0.3 is 0 Å². The van der Waals surface area contributed by atoms with Crippen LogP contribution < -0.4 is 5.32 Å². The molecule has 3 heteroatoms. The first-order chi connectivity index (χ1) is 7.74. The predicted octanol–water partition coefficient (Wildman–Crippen LogP) is 2.73. The van der Waals surface area contributed by atoms with Gasteiger partial charge in [0.25, 0.3) is 0 Å². The number of rotatable bonds is 7. The van der Waals surface area contributed by atoms with Crippen LogP contribution in [0.25, 0.3) is 0 Å². The summed E-state index contributed by atoms with van der Waals surface area (Å²) in [7, 11) is 0. The van der Waals surface area contributed by atoms with Crippen molar-refractivity contribution in [2.75, 3.05) is 25.1 Å². The molecule has 0 saturated carbocycles. The minimum Gasteiger partial charge on any atom is -0.385 e. The maximum atomic E-state index is 11.1. The first kappa shape index (κ1) is 12.7. The van der Waals surface area contributed by atoms with Crippen molar-refractivity contribution in [2.45, 2.75) is 20.3 Å². The Balaban J connectivity index is 2.29.